The minimum absolute atomic E-state index is 0.103. The predicted molar refractivity (Wildman–Crippen MR) is 127 cm³/mol. The molecule has 4 N–H and O–H groups in total. The molecule has 0 bridgehead atoms. The second kappa shape index (κ2) is 26.6. The smallest absolute Gasteiger partial charge is 0.337 e. The number of carbonyl (C=O) groups is 2. The summed E-state index contributed by atoms with van der Waals surface area (Å²) < 4.78 is 4.86. The highest BCUT2D eigenvalue weighted by molar-refractivity contribution is 5.81. The van der Waals surface area contributed by atoms with E-state index in [4.69, 9.17) is 14.9 Å². The van der Waals surface area contributed by atoms with Gasteiger partial charge in [-0.25, -0.2) is 9.79 Å². The second-order valence-corrected chi connectivity index (χ2v) is 7.94. The van der Waals surface area contributed by atoms with Gasteiger partial charge in [-0.05, 0) is 13.3 Å². The third kappa shape index (κ3) is 30.8. The van der Waals surface area contributed by atoms with E-state index in [0.717, 1.165) is 12.8 Å². The van der Waals surface area contributed by atoms with Crippen LogP contribution in [0.5, 0.6) is 0 Å². The highest BCUT2D eigenvalue weighted by Crippen LogP contribution is 2.13. The summed E-state index contributed by atoms with van der Waals surface area (Å²) in [5.41, 5.74) is 4.57. The summed E-state index contributed by atoms with van der Waals surface area (Å²) in [5, 5.41) is 17.7. The minimum atomic E-state index is -0.954. The van der Waals surface area contributed by atoms with E-state index in [9.17, 15) is 9.59 Å². The summed E-state index contributed by atoms with van der Waals surface area (Å²) in [6.07, 6.45) is 20.4. The average molecular weight is 445 g/mol. The number of hydrogen-bond donors (Lipinski definition) is 3. The van der Waals surface area contributed by atoms with Crippen molar-refractivity contribution >= 4 is 18.2 Å². The van der Waals surface area contributed by atoms with E-state index in [2.05, 4.69) is 17.6 Å². The summed E-state index contributed by atoms with van der Waals surface area (Å²) in [6.45, 7) is 3.42. The van der Waals surface area contributed by atoms with Gasteiger partial charge in [0, 0.05) is 12.6 Å². The van der Waals surface area contributed by atoms with Crippen LogP contribution in [0, 0.1) is 0 Å². The number of aliphatic hydroxyl groups is 2. The number of rotatable bonds is 19. The molecule has 0 aromatic carbocycles. The Hall–Kier alpha value is -1.47. The van der Waals surface area contributed by atoms with Crippen LogP contribution in [0.2, 0.25) is 0 Å². The van der Waals surface area contributed by atoms with E-state index >= 15 is 0 Å². The Labute approximate surface area is 189 Å². The van der Waals surface area contributed by atoms with Gasteiger partial charge < -0.3 is 20.7 Å². The number of hydrogen-bond acceptors (Lipinski definition) is 5. The van der Waals surface area contributed by atoms with Gasteiger partial charge in [-0.2, -0.15) is 0 Å². The number of primary amides is 1. The fourth-order valence-corrected chi connectivity index (χ4v) is 3.08. The monoisotopic (exact) mass is 444 g/mol. The molecule has 0 saturated heterocycles. The van der Waals surface area contributed by atoms with Gasteiger partial charge in [-0.1, -0.05) is 96.8 Å². The molecule has 0 spiro atoms. The van der Waals surface area contributed by atoms with Gasteiger partial charge >= 0.3 is 12.0 Å². The van der Waals surface area contributed by atoms with Crippen LogP contribution in [0.1, 0.15) is 117 Å². The Morgan fingerprint density at radius 3 is 1.61 bits per heavy atom. The largest absolute Gasteiger partial charge is 0.463 e. The van der Waals surface area contributed by atoms with E-state index < -0.39 is 12.1 Å². The second-order valence-electron chi connectivity index (χ2n) is 7.94. The van der Waals surface area contributed by atoms with Crippen molar-refractivity contribution in [2.75, 3.05) is 13.2 Å². The molecule has 1 atom stereocenters. The van der Waals surface area contributed by atoms with Gasteiger partial charge in [-0.15, -0.1) is 0 Å². The molecule has 1 unspecified atom stereocenters. The molecule has 184 valence electrons. The zero-order valence-corrected chi connectivity index (χ0v) is 20.0. The van der Waals surface area contributed by atoms with Crippen LogP contribution in [0.25, 0.3) is 0 Å². The quantitative estimate of drug-likeness (QED) is 0.142. The maximum absolute atomic E-state index is 11.4. The van der Waals surface area contributed by atoms with Crippen molar-refractivity contribution in [1.29, 1.82) is 0 Å². The number of amides is 2. The van der Waals surface area contributed by atoms with Crippen molar-refractivity contribution in [1.82, 2.24) is 0 Å². The lowest BCUT2D eigenvalue weighted by atomic mass is 10.0. The molecule has 0 radical (unpaired) electrons. The van der Waals surface area contributed by atoms with Crippen molar-refractivity contribution in [2.24, 2.45) is 10.7 Å². The highest BCUT2D eigenvalue weighted by atomic mass is 16.5. The fraction of sp³-hybridized carbons (Fsp3) is 0.875. The molecule has 0 aliphatic heterocycles. The molecular formula is C24H48N2O5. The predicted octanol–water partition coefficient (Wildman–Crippen LogP) is 5.30. The Morgan fingerprint density at radius 2 is 1.29 bits per heavy atom. The number of nitrogens with zero attached hydrogens (tertiary/aromatic N) is 1. The fourth-order valence-electron chi connectivity index (χ4n) is 3.08. The molecule has 0 aromatic rings. The number of ether oxygens (including phenoxy) is 1. The number of unbranched alkanes of at least 4 members (excludes halogenated alkanes) is 14. The zero-order valence-electron chi connectivity index (χ0n) is 20.0. The van der Waals surface area contributed by atoms with E-state index in [1.807, 2.05) is 0 Å². The van der Waals surface area contributed by atoms with Crippen LogP contribution in [0.3, 0.4) is 0 Å². The SMILES string of the molecule is CC=NC(N)=O.CCCCCCCCCCCCCCCCCC(=O)OCC(O)CO. The van der Waals surface area contributed by atoms with Gasteiger partial charge in [0.15, 0.2) is 0 Å². The summed E-state index contributed by atoms with van der Waals surface area (Å²) >= 11 is 0. The first-order chi connectivity index (χ1) is 15.0. The summed E-state index contributed by atoms with van der Waals surface area (Å²) in [4.78, 5) is 24.1. The lowest BCUT2D eigenvalue weighted by Gasteiger charge is -2.08. The van der Waals surface area contributed by atoms with E-state index in [0.29, 0.717) is 6.42 Å². The van der Waals surface area contributed by atoms with Crippen LogP contribution in [0.15, 0.2) is 4.99 Å². The number of nitrogens with two attached hydrogens (primary N) is 1. The molecule has 0 aliphatic carbocycles. The molecule has 31 heavy (non-hydrogen) atoms. The van der Waals surface area contributed by atoms with Crippen molar-refractivity contribution in [3.05, 3.63) is 0 Å². The number of aliphatic imine (C=N–C) groups is 1. The number of urea groups is 1. The number of carbonyl (C=O) groups excluding carboxylic acids is 2. The Balaban J connectivity index is 0. The van der Waals surface area contributed by atoms with E-state index in [1.165, 1.54) is 89.7 Å². The van der Waals surface area contributed by atoms with Gasteiger partial charge in [-0.3, -0.25) is 4.79 Å². The molecule has 0 saturated carbocycles. The van der Waals surface area contributed by atoms with Gasteiger partial charge in [0.2, 0.25) is 0 Å². The maximum Gasteiger partial charge on any atom is 0.337 e. The van der Waals surface area contributed by atoms with Crippen LogP contribution in [-0.4, -0.2) is 47.7 Å². The van der Waals surface area contributed by atoms with Gasteiger partial charge in [0.1, 0.15) is 12.7 Å². The van der Waals surface area contributed by atoms with Crippen molar-refractivity contribution < 1.29 is 24.5 Å². The van der Waals surface area contributed by atoms with Crippen molar-refractivity contribution in [2.45, 2.75) is 123 Å². The summed E-state index contributed by atoms with van der Waals surface area (Å²) in [6, 6.07) is -0.641. The molecule has 0 heterocycles. The third-order valence-corrected chi connectivity index (χ3v) is 4.89. The summed E-state index contributed by atoms with van der Waals surface area (Å²) in [7, 11) is 0. The molecule has 2 amide bonds. The molecular weight excluding hydrogens is 396 g/mol. The van der Waals surface area contributed by atoms with Crippen LogP contribution in [-0.2, 0) is 9.53 Å². The minimum Gasteiger partial charge on any atom is -0.463 e. The molecule has 7 nitrogen and oxygen atoms in total. The first kappa shape index (κ1) is 31.7. The van der Waals surface area contributed by atoms with Crippen LogP contribution in [0.4, 0.5) is 4.79 Å². The van der Waals surface area contributed by atoms with E-state index in [1.54, 1.807) is 6.92 Å². The normalized spacial score (nSPS) is 11.7. The first-order valence-corrected chi connectivity index (χ1v) is 12.2. The average Bonchev–Trinajstić information content (AvgIpc) is 2.75. The lowest BCUT2D eigenvalue weighted by molar-refractivity contribution is -0.147. The molecule has 7 heteroatoms. The molecule has 0 aliphatic rings. The topological polar surface area (TPSA) is 122 Å². The number of aliphatic hydroxyl groups excluding tert-OH is 2. The number of esters is 1. The van der Waals surface area contributed by atoms with Crippen LogP contribution >= 0.6 is 0 Å². The third-order valence-electron chi connectivity index (χ3n) is 4.89. The lowest BCUT2D eigenvalue weighted by Crippen LogP contribution is -2.21. The highest BCUT2D eigenvalue weighted by Gasteiger charge is 2.07. The molecule has 0 rings (SSSR count). The van der Waals surface area contributed by atoms with Gasteiger partial charge in [0.25, 0.3) is 0 Å². The van der Waals surface area contributed by atoms with Crippen molar-refractivity contribution in [3.63, 3.8) is 0 Å². The first-order valence-electron chi connectivity index (χ1n) is 12.2. The Morgan fingerprint density at radius 1 is 0.871 bits per heavy atom. The maximum atomic E-state index is 11.4. The molecule has 0 aromatic heterocycles. The van der Waals surface area contributed by atoms with Crippen molar-refractivity contribution in [3.8, 4) is 0 Å². The Kier molecular flexibility index (Phi) is 27.2. The zero-order chi connectivity index (χ0) is 23.6. The Bertz CT molecular complexity index is 430. The molecule has 0 fully saturated rings. The van der Waals surface area contributed by atoms with Gasteiger partial charge in [0.05, 0.1) is 6.61 Å². The van der Waals surface area contributed by atoms with E-state index in [-0.39, 0.29) is 19.2 Å². The summed E-state index contributed by atoms with van der Waals surface area (Å²) in [5.74, 6) is -0.276. The van der Waals surface area contributed by atoms with Crippen LogP contribution < -0.4 is 5.73 Å². The standard InChI is InChI=1S/C21H42O4.C3H6N2O/c1-2-3-4-5-6-7-8-9-10-11-12-13-14-15-16-17-21(24)25-19-20(23)18-22;1-2-5-3(4)6/h20,22-23H,2-19H2,1H3;2H,1H3,(H2,4,6).